The molecule has 4 rings (SSSR count). The summed E-state index contributed by atoms with van der Waals surface area (Å²) in [7, 11) is 0. The zero-order valence-electron chi connectivity index (χ0n) is 17.2. The highest BCUT2D eigenvalue weighted by atomic mass is 35.5. The number of amides is 1. The third kappa shape index (κ3) is 4.19. The third-order valence-corrected chi connectivity index (χ3v) is 5.65. The van der Waals surface area contributed by atoms with Crippen molar-refractivity contribution in [2.45, 2.75) is 26.3 Å². The summed E-state index contributed by atoms with van der Waals surface area (Å²) in [5.41, 5.74) is 9.55. The van der Waals surface area contributed by atoms with Gasteiger partial charge in [0.25, 0.3) is 11.5 Å². The first-order valence-corrected chi connectivity index (χ1v) is 10.6. The second-order valence-electron chi connectivity index (χ2n) is 7.54. The van der Waals surface area contributed by atoms with Crippen LogP contribution < -0.4 is 16.6 Å². The summed E-state index contributed by atoms with van der Waals surface area (Å²) in [6.07, 6.45) is 1.37. The summed E-state index contributed by atoms with van der Waals surface area (Å²) in [5, 5.41) is 12.3. The summed E-state index contributed by atoms with van der Waals surface area (Å²) >= 11 is 5.87. The first-order chi connectivity index (χ1) is 15.0. The maximum absolute atomic E-state index is 13.2. The van der Waals surface area contributed by atoms with Gasteiger partial charge in [-0.25, -0.2) is 0 Å². The van der Waals surface area contributed by atoms with Crippen LogP contribution in [0.4, 0.5) is 0 Å². The Kier molecular flexibility index (Phi) is 6.06. The fourth-order valence-corrected chi connectivity index (χ4v) is 3.95. The van der Waals surface area contributed by atoms with E-state index in [1.54, 1.807) is 28.8 Å². The molecule has 0 fully saturated rings. The lowest BCUT2D eigenvalue weighted by Crippen LogP contribution is -2.27. The summed E-state index contributed by atoms with van der Waals surface area (Å²) in [5.74, 6) is -0.165. The van der Waals surface area contributed by atoms with Crippen molar-refractivity contribution < 1.29 is 4.79 Å². The number of nitrogens with two attached hydrogens (primary N) is 1. The number of hydrogen-bond acceptors (Lipinski definition) is 4. The minimum Gasteiger partial charge on any atom is -0.352 e. The number of aromatic amines is 1. The standard InChI is InChI=1S/C23H24ClN5O2/c1-14-20-21(28-27-14)18-13-15(9-10-25)3-8-19(18)29(23(20)31)12-2-11-26-22(30)16-4-6-17(24)7-5-16/h3-8,13H,2,9-12,25H2,1H3,(H,26,30)(H,27,28). The molecule has 4 N–H and O–H groups in total. The van der Waals surface area contributed by atoms with E-state index in [-0.39, 0.29) is 11.5 Å². The van der Waals surface area contributed by atoms with Gasteiger partial charge in [0, 0.05) is 34.8 Å². The second kappa shape index (κ2) is 8.91. The Bertz CT molecular complexity index is 1310. The maximum atomic E-state index is 13.2. The van der Waals surface area contributed by atoms with Crippen molar-refractivity contribution in [2.24, 2.45) is 5.73 Å². The van der Waals surface area contributed by atoms with Crippen LogP contribution in [0.3, 0.4) is 0 Å². The molecule has 2 heterocycles. The first kappa shape index (κ1) is 21.1. The molecular formula is C23H24ClN5O2. The Balaban J connectivity index is 1.58. The van der Waals surface area contributed by atoms with Crippen LogP contribution >= 0.6 is 11.6 Å². The van der Waals surface area contributed by atoms with Crippen LogP contribution in [0.15, 0.2) is 47.3 Å². The van der Waals surface area contributed by atoms with Gasteiger partial charge in [-0.15, -0.1) is 0 Å². The van der Waals surface area contributed by atoms with Crippen LogP contribution in [0.5, 0.6) is 0 Å². The van der Waals surface area contributed by atoms with E-state index >= 15 is 0 Å². The Morgan fingerprint density at radius 3 is 2.74 bits per heavy atom. The molecule has 1 amide bonds. The molecule has 0 aliphatic heterocycles. The number of hydrogen-bond donors (Lipinski definition) is 3. The van der Waals surface area contributed by atoms with Gasteiger partial charge in [0.2, 0.25) is 0 Å². The van der Waals surface area contributed by atoms with Crippen LogP contribution in [0.25, 0.3) is 21.8 Å². The third-order valence-electron chi connectivity index (χ3n) is 5.40. The van der Waals surface area contributed by atoms with Crippen LogP contribution in [0.2, 0.25) is 5.02 Å². The molecule has 8 heteroatoms. The van der Waals surface area contributed by atoms with Crippen molar-refractivity contribution in [3.63, 3.8) is 0 Å². The van der Waals surface area contributed by atoms with Gasteiger partial charge >= 0.3 is 0 Å². The molecule has 4 aromatic rings. The number of carbonyl (C=O) groups is 1. The number of rotatable bonds is 7. The van der Waals surface area contributed by atoms with Gasteiger partial charge in [0.1, 0.15) is 5.52 Å². The molecule has 160 valence electrons. The molecule has 0 saturated heterocycles. The summed E-state index contributed by atoms with van der Waals surface area (Å²) in [6.45, 7) is 3.33. The van der Waals surface area contributed by atoms with Gasteiger partial charge < -0.3 is 15.6 Å². The van der Waals surface area contributed by atoms with Crippen molar-refractivity contribution in [1.82, 2.24) is 20.1 Å². The number of H-pyrrole nitrogens is 1. The van der Waals surface area contributed by atoms with Crippen molar-refractivity contribution in [2.75, 3.05) is 13.1 Å². The number of halogens is 1. The van der Waals surface area contributed by atoms with E-state index in [1.807, 2.05) is 19.1 Å². The number of aromatic nitrogens is 3. The second-order valence-corrected chi connectivity index (χ2v) is 7.97. The van der Waals surface area contributed by atoms with E-state index in [0.717, 1.165) is 28.6 Å². The molecule has 2 aromatic carbocycles. The quantitative estimate of drug-likeness (QED) is 0.386. The predicted molar refractivity (Wildman–Crippen MR) is 124 cm³/mol. The Hall–Kier alpha value is -3.16. The van der Waals surface area contributed by atoms with Crippen LogP contribution in [-0.2, 0) is 13.0 Å². The van der Waals surface area contributed by atoms with E-state index < -0.39 is 0 Å². The lowest BCUT2D eigenvalue weighted by atomic mass is 10.1. The molecule has 0 atom stereocenters. The molecule has 0 radical (unpaired) electrons. The van der Waals surface area contributed by atoms with Gasteiger partial charge in [0.05, 0.1) is 10.9 Å². The van der Waals surface area contributed by atoms with Gasteiger partial charge in [0.15, 0.2) is 0 Å². The Labute approximate surface area is 184 Å². The monoisotopic (exact) mass is 437 g/mol. The van der Waals surface area contributed by atoms with E-state index in [0.29, 0.717) is 47.5 Å². The molecule has 0 unspecified atom stereocenters. The van der Waals surface area contributed by atoms with Gasteiger partial charge in [-0.2, -0.15) is 5.10 Å². The Morgan fingerprint density at radius 2 is 2.00 bits per heavy atom. The summed E-state index contributed by atoms with van der Waals surface area (Å²) in [4.78, 5) is 25.5. The van der Waals surface area contributed by atoms with E-state index in [4.69, 9.17) is 17.3 Å². The number of fused-ring (bicyclic) bond motifs is 3. The zero-order valence-corrected chi connectivity index (χ0v) is 18.0. The molecule has 0 bridgehead atoms. The number of aryl methyl sites for hydroxylation is 2. The molecule has 0 saturated carbocycles. The van der Waals surface area contributed by atoms with Crippen molar-refractivity contribution >= 4 is 39.3 Å². The molecule has 31 heavy (non-hydrogen) atoms. The SMILES string of the molecule is Cc1[nH]nc2c1c(=O)n(CCCNC(=O)c1ccc(Cl)cc1)c1ccc(CCN)cc21. The fourth-order valence-electron chi connectivity index (χ4n) is 3.82. The highest BCUT2D eigenvalue weighted by molar-refractivity contribution is 6.30. The maximum Gasteiger partial charge on any atom is 0.262 e. The van der Waals surface area contributed by atoms with Crippen molar-refractivity contribution in [1.29, 1.82) is 0 Å². The highest BCUT2D eigenvalue weighted by Gasteiger charge is 2.16. The molecule has 0 aliphatic carbocycles. The number of carbonyl (C=O) groups excluding carboxylic acids is 1. The average molecular weight is 438 g/mol. The number of benzene rings is 2. The topological polar surface area (TPSA) is 106 Å². The van der Waals surface area contributed by atoms with E-state index in [1.165, 1.54) is 0 Å². The lowest BCUT2D eigenvalue weighted by Gasteiger charge is -2.13. The highest BCUT2D eigenvalue weighted by Crippen LogP contribution is 2.24. The molecule has 0 aliphatic rings. The molecule has 0 spiro atoms. The largest absolute Gasteiger partial charge is 0.352 e. The number of pyridine rings is 1. The minimum absolute atomic E-state index is 0.0793. The number of nitrogens with one attached hydrogen (secondary N) is 2. The summed E-state index contributed by atoms with van der Waals surface area (Å²) < 4.78 is 1.76. The lowest BCUT2D eigenvalue weighted by molar-refractivity contribution is 0.0953. The van der Waals surface area contributed by atoms with Crippen molar-refractivity contribution in [3.05, 3.63) is 74.7 Å². The normalized spacial score (nSPS) is 11.3. The smallest absolute Gasteiger partial charge is 0.262 e. The van der Waals surface area contributed by atoms with E-state index in [9.17, 15) is 9.59 Å². The van der Waals surface area contributed by atoms with Gasteiger partial charge in [-0.3, -0.25) is 14.7 Å². The van der Waals surface area contributed by atoms with Gasteiger partial charge in [-0.1, -0.05) is 17.7 Å². The average Bonchev–Trinajstić information content (AvgIpc) is 3.16. The predicted octanol–water partition coefficient (Wildman–Crippen LogP) is 3.16. The number of nitrogens with zero attached hydrogens (tertiary/aromatic N) is 2. The minimum atomic E-state index is -0.165. The first-order valence-electron chi connectivity index (χ1n) is 10.2. The van der Waals surface area contributed by atoms with Crippen LogP contribution in [-0.4, -0.2) is 33.8 Å². The van der Waals surface area contributed by atoms with Crippen LogP contribution in [0, 0.1) is 6.92 Å². The van der Waals surface area contributed by atoms with Crippen LogP contribution in [0.1, 0.15) is 28.0 Å². The fraction of sp³-hybridized carbons (Fsp3) is 0.261. The van der Waals surface area contributed by atoms with E-state index in [2.05, 4.69) is 21.6 Å². The molecular weight excluding hydrogens is 414 g/mol. The zero-order chi connectivity index (χ0) is 22.0. The molecule has 7 nitrogen and oxygen atoms in total. The van der Waals surface area contributed by atoms with Gasteiger partial charge in [-0.05, 0) is 68.3 Å². The summed E-state index contributed by atoms with van der Waals surface area (Å²) in [6, 6.07) is 12.8. The Morgan fingerprint density at radius 1 is 1.23 bits per heavy atom. The van der Waals surface area contributed by atoms with Crippen molar-refractivity contribution in [3.8, 4) is 0 Å². The molecule has 2 aromatic heterocycles.